The van der Waals surface area contributed by atoms with Gasteiger partial charge in [-0.3, -0.25) is 14.5 Å². The van der Waals surface area contributed by atoms with Crippen molar-refractivity contribution in [1.29, 1.82) is 0 Å². The molecule has 2 saturated heterocycles. The van der Waals surface area contributed by atoms with Crippen molar-refractivity contribution in [3.8, 4) is 0 Å². The summed E-state index contributed by atoms with van der Waals surface area (Å²) in [4.78, 5) is 38.9. The number of rotatable bonds is 3. The standard InChI is InChI=1S/C14H20N2O4S/c1-2-7-20-14(19)16-9-11(21)8-12(16)13(18)15-5-3-10(17)4-6-15/h2,11-12,21H,1,3-9H2/t11-,12-/m0/s1. The minimum atomic E-state index is -0.544. The predicted octanol–water partition coefficient (Wildman–Crippen LogP) is 0.873. The molecule has 0 N–H and O–H groups in total. The molecule has 0 aromatic rings. The summed E-state index contributed by atoms with van der Waals surface area (Å²) in [6, 6.07) is -0.544. The van der Waals surface area contributed by atoms with Crippen molar-refractivity contribution < 1.29 is 19.1 Å². The van der Waals surface area contributed by atoms with Crippen LogP contribution in [0.3, 0.4) is 0 Å². The number of thiol groups is 1. The van der Waals surface area contributed by atoms with E-state index in [-0.39, 0.29) is 23.5 Å². The van der Waals surface area contributed by atoms with Gasteiger partial charge in [-0.05, 0) is 6.42 Å². The molecular weight excluding hydrogens is 292 g/mol. The lowest BCUT2D eigenvalue weighted by Crippen LogP contribution is -2.50. The second-order valence-corrected chi connectivity index (χ2v) is 6.02. The summed E-state index contributed by atoms with van der Waals surface area (Å²) in [6.07, 6.45) is 2.26. The molecule has 2 atom stereocenters. The van der Waals surface area contributed by atoms with Crippen molar-refractivity contribution in [3.63, 3.8) is 0 Å². The molecule has 0 aliphatic carbocycles. The van der Waals surface area contributed by atoms with Gasteiger partial charge in [-0.25, -0.2) is 4.79 Å². The first-order valence-electron chi connectivity index (χ1n) is 7.05. The van der Waals surface area contributed by atoms with Crippen LogP contribution in [0.15, 0.2) is 12.7 Å². The van der Waals surface area contributed by atoms with E-state index in [1.54, 1.807) is 4.90 Å². The number of piperidine rings is 1. The lowest BCUT2D eigenvalue weighted by Gasteiger charge is -2.31. The number of carbonyl (C=O) groups excluding carboxylic acids is 3. The average molecular weight is 312 g/mol. The minimum absolute atomic E-state index is 0.0401. The topological polar surface area (TPSA) is 66.9 Å². The van der Waals surface area contributed by atoms with Crippen LogP contribution in [-0.2, 0) is 14.3 Å². The third kappa shape index (κ3) is 3.78. The molecule has 21 heavy (non-hydrogen) atoms. The summed E-state index contributed by atoms with van der Waals surface area (Å²) in [5.41, 5.74) is 0. The lowest BCUT2D eigenvalue weighted by atomic mass is 10.1. The van der Waals surface area contributed by atoms with Crippen LogP contribution in [0.4, 0.5) is 4.79 Å². The minimum Gasteiger partial charge on any atom is -0.445 e. The molecule has 2 heterocycles. The average Bonchev–Trinajstić information content (AvgIpc) is 2.87. The second kappa shape index (κ2) is 6.98. The van der Waals surface area contributed by atoms with Gasteiger partial charge in [0.25, 0.3) is 0 Å². The van der Waals surface area contributed by atoms with Gasteiger partial charge in [0.2, 0.25) is 5.91 Å². The molecule has 6 nitrogen and oxygen atoms in total. The van der Waals surface area contributed by atoms with E-state index in [0.29, 0.717) is 38.9 Å². The maximum absolute atomic E-state index is 12.6. The summed E-state index contributed by atoms with van der Waals surface area (Å²) in [6.45, 7) is 4.86. The maximum atomic E-state index is 12.6. The Morgan fingerprint density at radius 1 is 1.38 bits per heavy atom. The van der Waals surface area contributed by atoms with Crippen molar-refractivity contribution in [1.82, 2.24) is 9.80 Å². The van der Waals surface area contributed by atoms with Gasteiger partial charge < -0.3 is 9.64 Å². The van der Waals surface area contributed by atoms with Crippen LogP contribution in [0.1, 0.15) is 19.3 Å². The summed E-state index contributed by atoms with van der Waals surface area (Å²) < 4.78 is 5.02. The Hall–Kier alpha value is -1.50. The first-order chi connectivity index (χ1) is 10.0. The molecule has 2 fully saturated rings. The zero-order valence-electron chi connectivity index (χ0n) is 11.9. The molecule has 7 heteroatoms. The molecule has 2 amide bonds. The monoisotopic (exact) mass is 312 g/mol. The van der Waals surface area contributed by atoms with E-state index < -0.39 is 12.1 Å². The number of nitrogens with zero attached hydrogens (tertiary/aromatic N) is 2. The van der Waals surface area contributed by atoms with Crippen molar-refractivity contribution in [3.05, 3.63) is 12.7 Å². The third-order valence-corrected chi connectivity index (χ3v) is 4.13. The number of carbonyl (C=O) groups is 3. The van der Waals surface area contributed by atoms with Crippen molar-refractivity contribution in [2.45, 2.75) is 30.6 Å². The van der Waals surface area contributed by atoms with Gasteiger partial charge in [0.15, 0.2) is 0 Å². The van der Waals surface area contributed by atoms with Crippen LogP contribution >= 0.6 is 12.6 Å². The second-order valence-electron chi connectivity index (χ2n) is 5.29. The quantitative estimate of drug-likeness (QED) is 0.620. The summed E-state index contributed by atoms with van der Waals surface area (Å²) in [5.74, 6) is 0.0643. The smallest absolute Gasteiger partial charge is 0.410 e. The Kier molecular flexibility index (Phi) is 5.27. The molecule has 0 radical (unpaired) electrons. The van der Waals surface area contributed by atoms with Crippen LogP contribution < -0.4 is 0 Å². The molecule has 2 aliphatic heterocycles. The molecule has 0 spiro atoms. The van der Waals surface area contributed by atoms with Gasteiger partial charge in [-0.15, -0.1) is 0 Å². The number of likely N-dealkylation sites (tertiary alicyclic amines) is 2. The van der Waals surface area contributed by atoms with Crippen LogP contribution in [0.5, 0.6) is 0 Å². The molecule has 0 bridgehead atoms. The van der Waals surface area contributed by atoms with Crippen molar-refractivity contribution in [2.24, 2.45) is 0 Å². The summed E-state index contributed by atoms with van der Waals surface area (Å²) >= 11 is 4.37. The van der Waals surface area contributed by atoms with Gasteiger partial charge in [-0.2, -0.15) is 12.6 Å². The van der Waals surface area contributed by atoms with Crippen LogP contribution in [0.2, 0.25) is 0 Å². The van der Waals surface area contributed by atoms with E-state index in [1.165, 1.54) is 11.0 Å². The highest BCUT2D eigenvalue weighted by Gasteiger charge is 2.41. The first kappa shape index (κ1) is 15.9. The van der Waals surface area contributed by atoms with Crippen LogP contribution in [0.25, 0.3) is 0 Å². The lowest BCUT2D eigenvalue weighted by molar-refractivity contribution is -0.138. The summed E-state index contributed by atoms with van der Waals surface area (Å²) in [5, 5.41) is -0.0401. The Morgan fingerprint density at radius 3 is 2.67 bits per heavy atom. The van der Waals surface area contributed by atoms with E-state index in [4.69, 9.17) is 4.74 Å². The van der Waals surface area contributed by atoms with Gasteiger partial charge in [0, 0.05) is 37.7 Å². The molecule has 0 saturated carbocycles. The van der Waals surface area contributed by atoms with Gasteiger partial charge in [-0.1, -0.05) is 12.7 Å². The molecule has 2 rings (SSSR count). The van der Waals surface area contributed by atoms with Crippen molar-refractivity contribution >= 4 is 30.4 Å². The zero-order valence-corrected chi connectivity index (χ0v) is 12.8. The van der Waals surface area contributed by atoms with Crippen molar-refractivity contribution in [2.75, 3.05) is 26.2 Å². The summed E-state index contributed by atoms with van der Waals surface area (Å²) in [7, 11) is 0. The Labute approximate surface area is 129 Å². The molecule has 0 aromatic heterocycles. The van der Waals surface area contributed by atoms with E-state index in [2.05, 4.69) is 19.2 Å². The van der Waals surface area contributed by atoms with Crippen LogP contribution in [-0.4, -0.2) is 65.1 Å². The highest BCUT2D eigenvalue weighted by atomic mass is 32.1. The fourth-order valence-electron chi connectivity index (χ4n) is 2.65. The van der Waals surface area contributed by atoms with Gasteiger partial charge in [0.05, 0.1) is 0 Å². The molecule has 2 aliphatic rings. The SMILES string of the molecule is C=CCOC(=O)N1C[C@@H](S)C[C@H]1C(=O)N1CCC(=O)CC1. The van der Waals surface area contributed by atoms with Gasteiger partial charge >= 0.3 is 6.09 Å². The molecule has 116 valence electrons. The maximum Gasteiger partial charge on any atom is 0.410 e. The largest absolute Gasteiger partial charge is 0.445 e. The third-order valence-electron chi connectivity index (χ3n) is 3.76. The Balaban J connectivity index is 2.01. The number of amides is 2. The number of Topliss-reactive ketones (excluding diaryl/α,β-unsaturated/α-hetero) is 1. The van der Waals surface area contributed by atoms with E-state index in [1.807, 2.05) is 0 Å². The Morgan fingerprint density at radius 2 is 2.05 bits per heavy atom. The van der Waals surface area contributed by atoms with E-state index in [0.717, 1.165) is 0 Å². The fourth-order valence-corrected chi connectivity index (χ4v) is 3.03. The molecule has 0 unspecified atom stereocenters. The molecule has 0 aromatic carbocycles. The normalized spacial score (nSPS) is 25.9. The Bertz CT molecular complexity index is 444. The van der Waals surface area contributed by atoms with Gasteiger partial charge in [0.1, 0.15) is 18.4 Å². The predicted molar refractivity (Wildman–Crippen MR) is 80.3 cm³/mol. The molecular formula is C14H20N2O4S. The number of hydrogen-bond acceptors (Lipinski definition) is 5. The number of hydrogen-bond donors (Lipinski definition) is 1. The first-order valence-corrected chi connectivity index (χ1v) is 7.57. The highest BCUT2D eigenvalue weighted by Crippen LogP contribution is 2.25. The fraction of sp³-hybridized carbons (Fsp3) is 0.643. The highest BCUT2D eigenvalue weighted by molar-refractivity contribution is 7.81. The van der Waals surface area contributed by atoms with E-state index in [9.17, 15) is 14.4 Å². The van der Waals surface area contributed by atoms with E-state index >= 15 is 0 Å². The number of ether oxygens (including phenoxy) is 1. The van der Waals surface area contributed by atoms with Crippen LogP contribution in [0, 0.1) is 0 Å². The number of ketones is 1. The zero-order chi connectivity index (χ0) is 15.4.